The number of carbonyl (C=O) groups is 5. The molecule has 0 fully saturated rings. The Hall–Kier alpha value is -3.42. The van der Waals surface area contributed by atoms with Gasteiger partial charge in [-0.2, -0.15) is 0 Å². The summed E-state index contributed by atoms with van der Waals surface area (Å²) in [6.07, 6.45) is -0.339. The largest absolute Gasteiger partial charge is 0.480 e. The summed E-state index contributed by atoms with van der Waals surface area (Å²) in [5.74, 6) is -5.15. The van der Waals surface area contributed by atoms with E-state index in [1.807, 2.05) is 0 Å². The van der Waals surface area contributed by atoms with Crippen molar-refractivity contribution >= 4 is 35.6 Å². The average Bonchev–Trinajstić information content (AvgIpc) is 2.71. The van der Waals surface area contributed by atoms with Crippen molar-refractivity contribution < 1.29 is 29.1 Å². The maximum atomic E-state index is 12.8. The van der Waals surface area contributed by atoms with Crippen molar-refractivity contribution in [1.29, 1.82) is 0 Å². The first kappa shape index (κ1) is 30.6. The molecule has 4 amide bonds. The maximum absolute atomic E-state index is 12.8. The Morgan fingerprint density at radius 3 is 1.82 bits per heavy atom. The van der Waals surface area contributed by atoms with Crippen molar-refractivity contribution in [2.75, 3.05) is 6.54 Å². The van der Waals surface area contributed by atoms with Crippen LogP contribution in [0.5, 0.6) is 0 Å². The lowest BCUT2D eigenvalue weighted by Gasteiger charge is -2.27. The molecular formula is C20H38N8O6. The highest BCUT2D eigenvalue weighted by Gasteiger charge is 2.32. The first-order chi connectivity index (χ1) is 15.7. The van der Waals surface area contributed by atoms with Crippen LogP contribution in [0.3, 0.4) is 0 Å². The minimum atomic E-state index is -1.46. The van der Waals surface area contributed by atoms with Crippen molar-refractivity contribution in [3.05, 3.63) is 0 Å². The fraction of sp³-hybridized carbons (Fsp3) is 0.700. The number of aliphatic carboxylic acids is 1. The number of hydrogen-bond donors (Lipinski definition) is 8. The zero-order chi connectivity index (χ0) is 26.6. The molecule has 0 saturated carbocycles. The summed E-state index contributed by atoms with van der Waals surface area (Å²) in [6, 6.07) is -4.69. The number of nitrogens with zero attached hydrogens (tertiary/aromatic N) is 1. The fourth-order valence-electron chi connectivity index (χ4n) is 2.79. The second-order valence-electron chi connectivity index (χ2n) is 8.58. The smallest absolute Gasteiger partial charge is 0.326 e. The van der Waals surface area contributed by atoms with Crippen LogP contribution in [0.1, 0.15) is 47.0 Å². The minimum Gasteiger partial charge on any atom is -0.480 e. The Morgan fingerprint density at radius 1 is 0.824 bits per heavy atom. The lowest BCUT2D eigenvalue weighted by molar-refractivity contribution is -0.142. The van der Waals surface area contributed by atoms with E-state index in [1.54, 1.807) is 27.7 Å². The van der Waals surface area contributed by atoms with Gasteiger partial charge >= 0.3 is 5.97 Å². The van der Waals surface area contributed by atoms with E-state index in [0.29, 0.717) is 0 Å². The van der Waals surface area contributed by atoms with Gasteiger partial charge < -0.3 is 44.0 Å². The van der Waals surface area contributed by atoms with E-state index in [9.17, 15) is 29.1 Å². The molecule has 4 atom stereocenters. The number of hydrogen-bond acceptors (Lipinski definition) is 7. The predicted octanol–water partition coefficient (Wildman–Crippen LogP) is -2.91. The third kappa shape index (κ3) is 11.4. The SMILES string of the molecule is CC(C)C(N)C(=O)NC(C(=O)NC(CC(N)=O)C(=O)NC(CCCN=C(N)N)C(=O)O)C(C)C. The number of aliphatic imine (C=N–C) groups is 1. The van der Waals surface area contributed by atoms with Gasteiger partial charge in [0, 0.05) is 6.54 Å². The van der Waals surface area contributed by atoms with Gasteiger partial charge in [0.15, 0.2) is 5.96 Å². The summed E-state index contributed by atoms with van der Waals surface area (Å²) in [5.41, 5.74) is 21.5. The quantitative estimate of drug-likeness (QED) is 0.0669. The van der Waals surface area contributed by atoms with Gasteiger partial charge in [0.25, 0.3) is 0 Å². The summed E-state index contributed by atoms with van der Waals surface area (Å²) in [7, 11) is 0. The second-order valence-corrected chi connectivity index (χ2v) is 8.58. The van der Waals surface area contributed by atoms with Gasteiger partial charge in [-0.05, 0) is 24.7 Å². The molecule has 0 aromatic heterocycles. The summed E-state index contributed by atoms with van der Waals surface area (Å²) in [6.45, 7) is 6.99. The Kier molecular flexibility index (Phi) is 13.2. The highest BCUT2D eigenvalue weighted by Crippen LogP contribution is 2.07. The van der Waals surface area contributed by atoms with Crippen LogP contribution in [0.15, 0.2) is 4.99 Å². The van der Waals surface area contributed by atoms with Crippen LogP contribution >= 0.6 is 0 Å². The van der Waals surface area contributed by atoms with Crippen LogP contribution in [0, 0.1) is 11.8 Å². The monoisotopic (exact) mass is 486 g/mol. The lowest BCUT2D eigenvalue weighted by Crippen LogP contribution is -2.59. The molecule has 0 bridgehead atoms. The number of nitrogens with two attached hydrogens (primary N) is 4. The molecule has 0 aromatic carbocycles. The third-order valence-electron chi connectivity index (χ3n) is 4.87. The molecule has 0 aliphatic rings. The van der Waals surface area contributed by atoms with E-state index >= 15 is 0 Å². The molecule has 14 nitrogen and oxygen atoms in total. The molecule has 12 N–H and O–H groups in total. The molecule has 0 radical (unpaired) electrons. The van der Waals surface area contributed by atoms with Gasteiger partial charge in [-0.15, -0.1) is 0 Å². The Balaban J connectivity index is 5.42. The first-order valence-electron chi connectivity index (χ1n) is 10.9. The topological polar surface area (TPSA) is 258 Å². The van der Waals surface area contributed by atoms with Crippen molar-refractivity contribution in [1.82, 2.24) is 16.0 Å². The van der Waals surface area contributed by atoms with E-state index < -0.39 is 60.2 Å². The molecule has 4 unspecified atom stereocenters. The molecule has 0 aliphatic heterocycles. The molecule has 34 heavy (non-hydrogen) atoms. The summed E-state index contributed by atoms with van der Waals surface area (Å²) >= 11 is 0. The number of carbonyl (C=O) groups excluding carboxylic acids is 4. The predicted molar refractivity (Wildman–Crippen MR) is 125 cm³/mol. The second kappa shape index (κ2) is 14.7. The molecule has 0 aliphatic carbocycles. The van der Waals surface area contributed by atoms with Gasteiger partial charge in [-0.1, -0.05) is 27.7 Å². The maximum Gasteiger partial charge on any atom is 0.326 e. The van der Waals surface area contributed by atoms with Crippen LogP contribution in [0.25, 0.3) is 0 Å². The lowest BCUT2D eigenvalue weighted by atomic mass is 9.99. The van der Waals surface area contributed by atoms with Crippen molar-refractivity contribution in [2.24, 2.45) is 39.8 Å². The molecular weight excluding hydrogens is 448 g/mol. The molecule has 0 aromatic rings. The Morgan fingerprint density at radius 2 is 1.38 bits per heavy atom. The van der Waals surface area contributed by atoms with Crippen LogP contribution in [0.4, 0.5) is 0 Å². The minimum absolute atomic E-state index is 0.00709. The molecule has 194 valence electrons. The van der Waals surface area contributed by atoms with E-state index in [-0.39, 0.29) is 37.2 Å². The van der Waals surface area contributed by atoms with Crippen LogP contribution in [0.2, 0.25) is 0 Å². The summed E-state index contributed by atoms with van der Waals surface area (Å²) in [5, 5.41) is 16.6. The molecule has 0 saturated heterocycles. The van der Waals surface area contributed by atoms with E-state index in [0.717, 1.165) is 0 Å². The van der Waals surface area contributed by atoms with Gasteiger partial charge in [-0.25, -0.2) is 4.79 Å². The number of carboxylic acid groups (broad SMARTS) is 1. The van der Waals surface area contributed by atoms with Gasteiger partial charge in [0.2, 0.25) is 23.6 Å². The third-order valence-corrected chi connectivity index (χ3v) is 4.87. The van der Waals surface area contributed by atoms with Gasteiger partial charge in [-0.3, -0.25) is 24.2 Å². The Labute approximate surface area is 198 Å². The molecule has 0 heterocycles. The molecule has 14 heteroatoms. The van der Waals surface area contributed by atoms with Gasteiger partial charge in [0.1, 0.15) is 18.1 Å². The summed E-state index contributed by atoms with van der Waals surface area (Å²) in [4.78, 5) is 64.6. The number of nitrogens with one attached hydrogen (secondary N) is 3. The van der Waals surface area contributed by atoms with Crippen molar-refractivity contribution in [2.45, 2.75) is 71.1 Å². The first-order valence-corrected chi connectivity index (χ1v) is 10.9. The highest BCUT2D eigenvalue weighted by atomic mass is 16.4. The number of primary amides is 1. The molecule has 0 rings (SSSR count). The summed E-state index contributed by atoms with van der Waals surface area (Å²) < 4.78 is 0. The van der Waals surface area contributed by atoms with E-state index in [2.05, 4.69) is 20.9 Å². The van der Waals surface area contributed by atoms with E-state index in [1.165, 1.54) is 0 Å². The normalized spacial score (nSPS) is 14.4. The zero-order valence-electron chi connectivity index (χ0n) is 20.0. The standard InChI is InChI=1S/C20H38N8O6/c1-9(2)14(22)17(31)28-15(10(3)4)18(32)27-12(8-13(21)29)16(30)26-11(19(33)34)6-5-7-25-20(23)24/h9-12,14-15H,5-8,22H2,1-4H3,(H2,21,29)(H,26,30)(H,27,32)(H,28,31)(H,33,34)(H4,23,24,25). The van der Waals surface area contributed by atoms with Gasteiger partial charge in [0.05, 0.1) is 12.5 Å². The van der Waals surface area contributed by atoms with Crippen LogP contribution < -0.4 is 38.9 Å². The van der Waals surface area contributed by atoms with Crippen molar-refractivity contribution in [3.8, 4) is 0 Å². The van der Waals surface area contributed by atoms with Crippen LogP contribution in [-0.4, -0.2) is 71.4 Å². The van der Waals surface area contributed by atoms with Crippen LogP contribution in [-0.2, 0) is 24.0 Å². The fourth-order valence-corrected chi connectivity index (χ4v) is 2.79. The molecule has 0 spiro atoms. The Bertz CT molecular complexity index is 766. The average molecular weight is 487 g/mol. The van der Waals surface area contributed by atoms with Crippen molar-refractivity contribution in [3.63, 3.8) is 0 Å². The zero-order valence-corrected chi connectivity index (χ0v) is 20.0. The highest BCUT2D eigenvalue weighted by molar-refractivity contribution is 5.96. The number of guanidine groups is 1. The number of rotatable bonds is 15. The number of amides is 4. The van der Waals surface area contributed by atoms with E-state index in [4.69, 9.17) is 22.9 Å². The number of carboxylic acids is 1.